The first kappa shape index (κ1) is 12.9. The molecule has 1 heterocycles. The number of methoxy groups -OCH3 is 1. The van der Waals surface area contributed by atoms with Crippen LogP contribution in [0, 0.1) is 0 Å². The van der Waals surface area contributed by atoms with E-state index in [1.54, 1.807) is 7.11 Å². The molecule has 3 aromatic rings. The Morgan fingerprint density at radius 2 is 2.00 bits per heavy atom. The van der Waals surface area contributed by atoms with Gasteiger partial charge in [-0.15, -0.1) is 0 Å². The molecule has 0 atom stereocenters. The van der Waals surface area contributed by atoms with E-state index in [9.17, 15) is 0 Å². The second kappa shape index (κ2) is 5.10. The van der Waals surface area contributed by atoms with Crippen LogP contribution in [-0.2, 0) is 6.54 Å². The molecule has 0 fully saturated rings. The van der Waals surface area contributed by atoms with E-state index in [2.05, 4.69) is 10.6 Å². The average molecular weight is 287 g/mol. The lowest BCUT2D eigenvalue weighted by Gasteiger charge is -2.09. The quantitative estimate of drug-likeness (QED) is 0.741. The molecule has 20 heavy (non-hydrogen) atoms. The zero-order chi connectivity index (χ0) is 14.1. The van der Waals surface area contributed by atoms with Gasteiger partial charge < -0.3 is 15.0 Å². The Labute approximate surface area is 122 Å². The van der Waals surface area contributed by atoms with Crippen molar-refractivity contribution in [2.75, 3.05) is 12.8 Å². The Morgan fingerprint density at radius 3 is 2.80 bits per heavy atom. The molecule has 4 heteroatoms. The monoisotopic (exact) mass is 286 g/mol. The number of ether oxygens (including phenoxy) is 1. The summed E-state index contributed by atoms with van der Waals surface area (Å²) in [6.07, 6.45) is 2.05. The van der Waals surface area contributed by atoms with Gasteiger partial charge in [-0.1, -0.05) is 11.6 Å². The van der Waals surface area contributed by atoms with E-state index in [1.807, 2.05) is 42.6 Å². The number of fused-ring (bicyclic) bond motifs is 1. The van der Waals surface area contributed by atoms with E-state index in [1.165, 1.54) is 0 Å². The van der Waals surface area contributed by atoms with E-state index in [4.69, 9.17) is 22.1 Å². The van der Waals surface area contributed by atoms with Crippen LogP contribution in [0.25, 0.3) is 10.9 Å². The Kier molecular flexibility index (Phi) is 3.28. The van der Waals surface area contributed by atoms with E-state index < -0.39 is 0 Å². The predicted molar refractivity (Wildman–Crippen MR) is 83.5 cm³/mol. The maximum absolute atomic E-state index is 6.22. The highest BCUT2D eigenvalue weighted by molar-refractivity contribution is 6.31. The number of halogens is 1. The van der Waals surface area contributed by atoms with Crippen molar-refractivity contribution in [3.8, 4) is 5.75 Å². The van der Waals surface area contributed by atoms with Crippen LogP contribution in [0.1, 0.15) is 5.56 Å². The van der Waals surface area contributed by atoms with Gasteiger partial charge in [-0.2, -0.15) is 0 Å². The number of nitrogen functional groups attached to an aromatic ring is 1. The molecule has 0 aliphatic heterocycles. The van der Waals surface area contributed by atoms with Crippen LogP contribution in [0.15, 0.2) is 48.7 Å². The zero-order valence-electron chi connectivity index (χ0n) is 11.1. The van der Waals surface area contributed by atoms with Crippen molar-refractivity contribution in [1.29, 1.82) is 0 Å². The second-order valence-electron chi connectivity index (χ2n) is 4.72. The minimum absolute atomic E-state index is 0.694. The summed E-state index contributed by atoms with van der Waals surface area (Å²) in [6.45, 7) is 0.694. The number of rotatable bonds is 3. The number of nitrogens with two attached hydrogens (primary N) is 1. The normalized spacial score (nSPS) is 10.9. The lowest BCUT2D eigenvalue weighted by Crippen LogP contribution is -1.99. The van der Waals surface area contributed by atoms with Crippen molar-refractivity contribution in [3.63, 3.8) is 0 Å². The summed E-state index contributed by atoms with van der Waals surface area (Å²) in [5.41, 5.74) is 8.70. The first-order valence-electron chi connectivity index (χ1n) is 6.34. The van der Waals surface area contributed by atoms with Gasteiger partial charge in [0.25, 0.3) is 0 Å². The van der Waals surface area contributed by atoms with E-state index in [0.717, 1.165) is 32.9 Å². The third-order valence-corrected chi connectivity index (χ3v) is 3.76. The molecule has 0 bridgehead atoms. The predicted octanol–water partition coefficient (Wildman–Crippen LogP) is 3.93. The molecule has 102 valence electrons. The molecule has 0 amide bonds. The molecular formula is C16H15ClN2O. The van der Waals surface area contributed by atoms with Crippen molar-refractivity contribution in [2.45, 2.75) is 6.54 Å². The van der Waals surface area contributed by atoms with E-state index in [-0.39, 0.29) is 0 Å². The molecule has 0 spiro atoms. The zero-order valence-corrected chi connectivity index (χ0v) is 11.9. The molecule has 0 aliphatic rings. The van der Waals surface area contributed by atoms with Crippen molar-refractivity contribution in [2.24, 2.45) is 0 Å². The van der Waals surface area contributed by atoms with Gasteiger partial charge in [0.2, 0.25) is 0 Å². The van der Waals surface area contributed by atoms with Gasteiger partial charge in [0.1, 0.15) is 5.75 Å². The van der Waals surface area contributed by atoms with Gasteiger partial charge in [0, 0.05) is 34.4 Å². The van der Waals surface area contributed by atoms with Crippen LogP contribution >= 0.6 is 11.6 Å². The average Bonchev–Trinajstić information content (AvgIpc) is 2.85. The SMILES string of the molecule is COc1ccc2c(ccn2Cc2cc(N)ccc2Cl)c1. The Bertz CT molecular complexity index is 764. The van der Waals surface area contributed by atoms with Gasteiger partial charge in [0.15, 0.2) is 0 Å². The standard InChI is InChI=1S/C16H15ClN2O/c1-20-14-3-5-16-11(9-14)6-7-19(16)10-12-8-13(18)2-4-15(12)17/h2-9H,10,18H2,1H3. The molecular weight excluding hydrogens is 272 g/mol. The number of hydrogen-bond acceptors (Lipinski definition) is 2. The summed E-state index contributed by atoms with van der Waals surface area (Å²) in [5, 5.41) is 1.87. The number of aromatic nitrogens is 1. The smallest absolute Gasteiger partial charge is 0.119 e. The Morgan fingerprint density at radius 1 is 1.15 bits per heavy atom. The maximum Gasteiger partial charge on any atom is 0.119 e. The number of anilines is 1. The highest BCUT2D eigenvalue weighted by atomic mass is 35.5. The summed E-state index contributed by atoms with van der Waals surface area (Å²) < 4.78 is 7.39. The van der Waals surface area contributed by atoms with Gasteiger partial charge >= 0.3 is 0 Å². The largest absolute Gasteiger partial charge is 0.497 e. The van der Waals surface area contributed by atoms with Gasteiger partial charge in [-0.3, -0.25) is 0 Å². The van der Waals surface area contributed by atoms with Crippen LogP contribution in [0.4, 0.5) is 5.69 Å². The van der Waals surface area contributed by atoms with Crippen LogP contribution in [-0.4, -0.2) is 11.7 Å². The van der Waals surface area contributed by atoms with Crippen molar-refractivity contribution >= 4 is 28.2 Å². The highest BCUT2D eigenvalue weighted by Crippen LogP contribution is 2.25. The van der Waals surface area contributed by atoms with Gasteiger partial charge in [0.05, 0.1) is 7.11 Å². The molecule has 2 aromatic carbocycles. The van der Waals surface area contributed by atoms with Crippen LogP contribution < -0.4 is 10.5 Å². The highest BCUT2D eigenvalue weighted by Gasteiger charge is 2.06. The third-order valence-electron chi connectivity index (χ3n) is 3.39. The molecule has 0 aliphatic carbocycles. The molecule has 0 saturated heterocycles. The lowest BCUT2D eigenvalue weighted by atomic mass is 10.2. The summed E-state index contributed by atoms with van der Waals surface area (Å²) in [5.74, 6) is 0.859. The van der Waals surface area contributed by atoms with Crippen molar-refractivity contribution in [1.82, 2.24) is 4.57 Å². The molecule has 0 saturated carbocycles. The van der Waals surface area contributed by atoms with Crippen LogP contribution in [0.3, 0.4) is 0 Å². The summed E-state index contributed by atoms with van der Waals surface area (Å²) in [6, 6.07) is 13.7. The fraction of sp³-hybridized carbons (Fsp3) is 0.125. The number of hydrogen-bond donors (Lipinski definition) is 1. The third kappa shape index (κ3) is 2.32. The second-order valence-corrected chi connectivity index (χ2v) is 5.13. The van der Waals surface area contributed by atoms with Gasteiger partial charge in [-0.05, 0) is 48.0 Å². The summed E-state index contributed by atoms with van der Waals surface area (Å²) in [4.78, 5) is 0. The van der Waals surface area contributed by atoms with Crippen molar-refractivity contribution in [3.05, 3.63) is 59.2 Å². The fourth-order valence-corrected chi connectivity index (χ4v) is 2.52. The Hall–Kier alpha value is -2.13. The molecule has 0 unspecified atom stereocenters. The Balaban J connectivity index is 2.00. The van der Waals surface area contributed by atoms with Crippen LogP contribution in [0.2, 0.25) is 5.02 Å². The minimum Gasteiger partial charge on any atom is -0.497 e. The van der Waals surface area contributed by atoms with E-state index >= 15 is 0 Å². The number of benzene rings is 2. The topological polar surface area (TPSA) is 40.2 Å². The molecule has 1 aromatic heterocycles. The first-order valence-corrected chi connectivity index (χ1v) is 6.72. The van der Waals surface area contributed by atoms with Crippen molar-refractivity contribution < 1.29 is 4.74 Å². The molecule has 3 nitrogen and oxygen atoms in total. The lowest BCUT2D eigenvalue weighted by molar-refractivity contribution is 0.415. The van der Waals surface area contributed by atoms with E-state index in [0.29, 0.717) is 6.54 Å². The summed E-state index contributed by atoms with van der Waals surface area (Å²) in [7, 11) is 1.67. The molecule has 3 rings (SSSR count). The number of nitrogens with zero attached hydrogens (tertiary/aromatic N) is 1. The first-order chi connectivity index (χ1) is 9.67. The minimum atomic E-state index is 0.694. The van der Waals surface area contributed by atoms with Gasteiger partial charge in [-0.25, -0.2) is 0 Å². The van der Waals surface area contributed by atoms with Crippen LogP contribution in [0.5, 0.6) is 5.75 Å². The summed E-state index contributed by atoms with van der Waals surface area (Å²) >= 11 is 6.22. The maximum atomic E-state index is 6.22. The molecule has 0 radical (unpaired) electrons. The molecule has 2 N–H and O–H groups in total. The fourth-order valence-electron chi connectivity index (χ4n) is 2.34.